The molecule has 1 aromatic heterocycles. The quantitative estimate of drug-likeness (QED) is 0.590. The number of aromatic nitrogens is 1. The summed E-state index contributed by atoms with van der Waals surface area (Å²) in [5.74, 6) is 0.888. The van der Waals surface area contributed by atoms with Gasteiger partial charge in [-0.1, -0.05) is 17.3 Å². The topological polar surface area (TPSA) is 72.6 Å². The number of ether oxygens (including phenoxy) is 1. The van der Waals surface area contributed by atoms with Crippen LogP contribution >= 0.6 is 0 Å². The third-order valence-corrected chi connectivity index (χ3v) is 7.11. The summed E-state index contributed by atoms with van der Waals surface area (Å²) in [5, 5.41) is 5.11. The third kappa shape index (κ3) is 3.38. The summed E-state index contributed by atoms with van der Waals surface area (Å²) in [6, 6.07) is 7.88. The summed E-state index contributed by atoms with van der Waals surface area (Å²) in [6.45, 7) is 9.21. The molecule has 2 aliphatic rings. The summed E-state index contributed by atoms with van der Waals surface area (Å²) in [4.78, 5) is 27.8. The molecule has 6 nitrogen and oxygen atoms in total. The van der Waals surface area contributed by atoms with Crippen molar-refractivity contribution >= 4 is 22.7 Å². The SMILES string of the molecule is Cc1cc(C)c2c(CC(=O)N3CCC4(CC3)CC(=O)c3ccc(C)c(C)c3O4)noc2c1. The zero-order valence-electron chi connectivity index (χ0n) is 19.1. The monoisotopic (exact) mass is 432 g/mol. The molecule has 32 heavy (non-hydrogen) atoms. The first kappa shape index (κ1) is 20.7. The van der Waals surface area contributed by atoms with Gasteiger partial charge in [-0.25, -0.2) is 0 Å². The number of benzene rings is 2. The highest BCUT2D eigenvalue weighted by Crippen LogP contribution is 2.41. The van der Waals surface area contributed by atoms with E-state index in [1.807, 2.05) is 50.8 Å². The number of Topliss-reactive ketones (excluding diaryl/α,β-unsaturated/α-hetero) is 1. The van der Waals surface area contributed by atoms with Crippen LogP contribution in [0.5, 0.6) is 5.75 Å². The van der Waals surface area contributed by atoms with Gasteiger partial charge in [0.2, 0.25) is 5.91 Å². The number of ketones is 1. The highest BCUT2D eigenvalue weighted by molar-refractivity contribution is 6.01. The number of nitrogens with zero attached hydrogens (tertiary/aromatic N) is 2. The van der Waals surface area contributed by atoms with Gasteiger partial charge in [-0.15, -0.1) is 0 Å². The van der Waals surface area contributed by atoms with Gasteiger partial charge < -0.3 is 14.2 Å². The van der Waals surface area contributed by atoms with Crippen LogP contribution < -0.4 is 4.74 Å². The van der Waals surface area contributed by atoms with Gasteiger partial charge in [-0.2, -0.15) is 0 Å². The van der Waals surface area contributed by atoms with Gasteiger partial charge in [0.05, 0.1) is 18.4 Å². The predicted molar refractivity (Wildman–Crippen MR) is 121 cm³/mol. The van der Waals surface area contributed by atoms with Gasteiger partial charge in [0.15, 0.2) is 11.4 Å². The van der Waals surface area contributed by atoms with Crippen molar-refractivity contribution in [1.82, 2.24) is 10.1 Å². The van der Waals surface area contributed by atoms with Crippen LogP contribution in [0.4, 0.5) is 0 Å². The predicted octanol–water partition coefficient (Wildman–Crippen LogP) is 4.63. The number of rotatable bonds is 2. The van der Waals surface area contributed by atoms with Crippen LogP contribution in [-0.2, 0) is 11.2 Å². The lowest BCUT2D eigenvalue weighted by molar-refractivity contribution is -0.134. The Labute approximate surface area is 187 Å². The Bertz CT molecular complexity index is 1250. The number of carbonyl (C=O) groups is 2. The smallest absolute Gasteiger partial charge is 0.228 e. The highest BCUT2D eigenvalue weighted by atomic mass is 16.5. The summed E-state index contributed by atoms with van der Waals surface area (Å²) in [5.41, 5.74) is 5.89. The summed E-state index contributed by atoms with van der Waals surface area (Å²) in [6.07, 6.45) is 1.88. The minimum atomic E-state index is -0.520. The molecule has 0 bridgehead atoms. The Morgan fingerprint density at radius 3 is 2.59 bits per heavy atom. The largest absolute Gasteiger partial charge is 0.486 e. The number of hydrogen-bond donors (Lipinski definition) is 0. The molecule has 3 aromatic rings. The molecular formula is C26H28N2O4. The minimum Gasteiger partial charge on any atom is -0.486 e. The number of piperidine rings is 1. The van der Waals surface area contributed by atoms with Crippen LogP contribution in [0.15, 0.2) is 28.8 Å². The second-order valence-electron chi connectivity index (χ2n) is 9.41. The first-order chi connectivity index (χ1) is 15.3. The molecule has 0 saturated carbocycles. The van der Waals surface area contributed by atoms with Gasteiger partial charge in [-0.05, 0) is 62.1 Å². The van der Waals surface area contributed by atoms with E-state index in [-0.39, 0.29) is 18.1 Å². The van der Waals surface area contributed by atoms with E-state index in [1.54, 1.807) is 0 Å². The fourth-order valence-corrected chi connectivity index (χ4v) is 5.12. The van der Waals surface area contributed by atoms with E-state index in [2.05, 4.69) is 11.2 Å². The number of hydrogen-bond acceptors (Lipinski definition) is 5. The molecule has 0 aliphatic carbocycles. The van der Waals surface area contributed by atoms with Crippen molar-refractivity contribution in [3.05, 3.63) is 57.8 Å². The minimum absolute atomic E-state index is 0.0320. The van der Waals surface area contributed by atoms with Crippen molar-refractivity contribution in [2.24, 2.45) is 0 Å². The fourth-order valence-electron chi connectivity index (χ4n) is 5.12. The molecule has 2 aromatic carbocycles. The molecule has 0 unspecified atom stereocenters. The van der Waals surface area contributed by atoms with Gasteiger partial charge >= 0.3 is 0 Å². The molecule has 0 atom stereocenters. The van der Waals surface area contributed by atoms with Crippen LogP contribution in [0.2, 0.25) is 0 Å². The Balaban J connectivity index is 1.30. The molecule has 3 heterocycles. The second-order valence-corrected chi connectivity index (χ2v) is 9.41. The number of likely N-dealkylation sites (tertiary alicyclic amines) is 1. The molecule has 5 rings (SSSR count). The summed E-state index contributed by atoms with van der Waals surface area (Å²) in [7, 11) is 0. The summed E-state index contributed by atoms with van der Waals surface area (Å²) >= 11 is 0. The molecule has 1 amide bonds. The van der Waals surface area contributed by atoms with Crippen molar-refractivity contribution < 1.29 is 18.8 Å². The third-order valence-electron chi connectivity index (χ3n) is 7.11. The zero-order chi connectivity index (χ0) is 22.6. The summed E-state index contributed by atoms with van der Waals surface area (Å²) < 4.78 is 12.0. The Kier molecular flexibility index (Phi) is 4.84. The first-order valence-corrected chi connectivity index (χ1v) is 11.2. The molecule has 1 fully saturated rings. The lowest BCUT2D eigenvalue weighted by Gasteiger charge is -2.44. The van der Waals surface area contributed by atoms with Crippen LogP contribution in [0.1, 0.15) is 57.6 Å². The standard InChI is InChI=1S/C26H28N2O4/c1-15-11-17(3)24-20(27-32-22(24)12-15)13-23(30)28-9-7-26(8-10-28)14-21(29)19-6-5-16(2)18(4)25(19)31-26/h5-6,11-12H,7-10,13-14H2,1-4H3. The van der Waals surface area contributed by atoms with Gasteiger partial charge in [0.25, 0.3) is 0 Å². The Morgan fingerprint density at radius 2 is 1.84 bits per heavy atom. The Hall–Kier alpha value is -3.15. The molecule has 0 radical (unpaired) electrons. The van der Waals surface area contributed by atoms with Crippen LogP contribution in [0.3, 0.4) is 0 Å². The highest BCUT2D eigenvalue weighted by Gasteiger charge is 2.44. The van der Waals surface area contributed by atoms with Crippen LogP contribution in [-0.4, -0.2) is 40.4 Å². The normalized spacial score (nSPS) is 17.5. The number of carbonyl (C=O) groups excluding carboxylic acids is 2. The van der Waals surface area contributed by atoms with E-state index < -0.39 is 5.60 Å². The molecule has 1 saturated heterocycles. The molecule has 1 spiro atoms. The van der Waals surface area contributed by atoms with E-state index in [0.717, 1.165) is 39.0 Å². The van der Waals surface area contributed by atoms with Crippen molar-refractivity contribution in [3.63, 3.8) is 0 Å². The molecule has 2 aliphatic heterocycles. The maximum absolute atomic E-state index is 13.1. The van der Waals surface area contributed by atoms with Crippen LogP contribution in [0, 0.1) is 27.7 Å². The van der Waals surface area contributed by atoms with E-state index >= 15 is 0 Å². The number of fused-ring (bicyclic) bond motifs is 2. The van der Waals surface area contributed by atoms with E-state index in [1.165, 1.54) is 0 Å². The van der Waals surface area contributed by atoms with E-state index in [4.69, 9.17) is 9.26 Å². The second kappa shape index (κ2) is 7.47. The van der Waals surface area contributed by atoms with Gasteiger partial charge in [0.1, 0.15) is 17.0 Å². The first-order valence-electron chi connectivity index (χ1n) is 11.2. The van der Waals surface area contributed by atoms with Crippen molar-refractivity contribution in [2.75, 3.05) is 13.1 Å². The lowest BCUT2D eigenvalue weighted by atomic mass is 9.81. The maximum atomic E-state index is 13.1. The van der Waals surface area contributed by atoms with E-state index in [9.17, 15) is 9.59 Å². The number of aryl methyl sites for hydroxylation is 3. The van der Waals surface area contributed by atoms with Gasteiger partial charge in [0, 0.05) is 31.3 Å². The lowest BCUT2D eigenvalue weighted by Crippen LogP contribution is -2.52. The van der Waals surface area contributed by atoms with Crippen molar-refractivity contribution in [2.45, 2.75) is 59.0 Å². The molecule has 0 N–H and O–H groups in total. The Morgan fingerprint density at radius 1 is 1.09 bits per heavy atom. The van der Waals surface area contributed by atoms with E-state index in [0.29, 0.717) is 43.6 Å². The molecule has 166 valence electrons. The average molecular weight is 433 g/mol. The molecule has 6 heteroatoms. The van der Waals surface area contributed by atoms with Crippen LogP contribution in [0.25, 0.3) is 11.0 Å². The fraction of sp³-hybridized carbons (Fsp3) is 0.423. The zero-order valence-corrected chi connectivity index (χ0v) is 19.1. The van der Waals surface area contributed by atoms with Crippen molar-refractivity contribution in [1.29, 1.82) is 0 Å². The maximum Gasteiger partial charge on any atom is 0.228 e. The number of amides is 1. The van der Waals surface area contributed by atoms with Gasteiger partial charge in [-0.3, -0.25) is 9.59 Å². The molecular weight excluding hydrogens is 404 g/mol. The average Bonchev–Trinajstić information content (AvgIpc) is 3.14. The van der Waals surface area contributed by atoms with Crippen molar-refractivity contribution in [3.8, 4) is 5.75 Å².